The zero-order valence-corrected chi connectivity index (χ0v) is 12.8. The van der Waals surface area contributed by atoms with Crippen molar-refractivity contribution < 1.29 is 0 Å². The van der Waals surface area contributed by atoms with Crippen molar-refractivity contribution >= 4 is 5.96 Å². The van der Waals surface area contributed by atoms with Crippen molar-refractivity contribution in [2.45, 2.75) is 39.0 Å². The van der Waals surface area contributed by atoms with E-state index in [-0.39, 0.29) is 0 Å². The summed E-state index contributed by atoms with van der Waals surface area (Å²) in [7, 11) is 1.84. The molecule has 2 N–H and O–H groups in total. The van der Waals surface area contributed by atoms with E-state index in [0.29, 0.717) is 5.41 Å². The van der Waals surface area contributed by atoms with E-state index in [1.807, 2.05) is 7.05 Å². The molecule has 0 spiro atoms. The molecule has 0 heterocycles. The lowest BCUT2D eigenvalue weighted by molar-refractivity contribution is 0.131. The number of hydrogen-bond donors (Lipinski definition) is 2. The van der Waals surface area contributed by atoms with Gasteiger partial charge in [0.05, 0.1) is 0 Å². The number of nitrogens with zero attached hydrogens (tertiary/aromatic N) is 1. The Bertz CT molecular complexity index is 416. The van der Waals surface area contributed by atoms with E-state index in [4.69, 9.17) is 0 Å². The molecular formula is C17H27N3. The molecule has 3 heteroatoms. The summed E-state index contributed by atoms with van der Waals surface area (Å²) in [5.41, 5.74) is 1.89. The summed E-state index contributed by atoms with van der Waals surface area (Å²) in [6.45, 7) is 4.27. The highest BCUT2D eigenvalue weighted by Crippen LogP contribution is 2.42. The van der Waals surface area contributed by atoms with E-state index >= 15 is 0 Å². The molecule has 1 saturated carbocycles. The molecule has 3 nitrogen and oxygen atoms in total. The Hall–Kier alpha value is -1.51. The lowest BCUT2D eigenvalue weighted by Gasteiger charge is -2.41. The molecule has 0 bridgehead atoms. The van der Waals surface area contributed by atoms with Crippen LogP contribution in [0.15, 0.2) is 35.3 Å². The number of hydrogen-bond acceptors (Lipinski definition) is 1. The molecule has 1 aliphatic carbocycles. The maximum atomic E-state index is 4.31. The van der Waals surface area contributed by atoms with Gasteiger partial charge in [-0.3, -0.25) is 4.99 Å². The molecule has 0 radical (unpaired) electrons. The molecule has 0 aliphatic heterocycles. The van der Waals surface area contributed by atoms with E-state index < -0.39 is 0 Å². The first-order valence-corrected chi connectivity index (χ1v) is 7.76. The minimum absolute atomic E-state index is 0.525. The van der Waals surface area contributed by atoms with Gasteiger partial charge >= 0.3 is 0 Å². The average Bonchev–Trinajstić information content (AvgIpc) is 2.45. The predicted octanol–water partition coefficient (Wildman–Crippen LogP) is 2.97. The summed E-state index contributed by atoms with van der Waals surface area (Å²) in [6, 6.07) is 10.6. The first-order chi connectivity index (χ1) is 9.78. The van der Waals surface area contributed by atoms with Gasteiger partial charge in [-0.05, 0) is 36.7 Å². The molecule has 20 heavy (non-hydrogen) atoms. The van der Waals surface area contributed by atoms with Crippen LogP contribution in [0.5, 0.6) is 0 Å². The lowest BCUT2D eigenvalue weighted by Crippen LogP contribution is -2.46. The Morgan fingerprint density at radius 2 is 1.95 bits per heavy atom. The minimum Gasteiger partial charge on any atom is -0.356 e. The zero-order valence-electron chi connectivity index (χ0n) is 12.8. The predicted molar refractivity (Wildman–Crippen MR) is 86.1 cm³/mol. The van der Waals surface area contributed by atoms with Crippen LogP contribution in [0.1, 0.15) is 38.2 Å². The van der Waals surface area contributed by atoms with E-state index in [9.17, 15) is 0 Å². The Kier molecular flexibility index (Phi) is 5.45. The lowest BCUT2D eigenvalue weighted by atomic mass is 9.67. The van der Waals surface area contributed by atoms with Crippen LogP contribution < -0.4 is 10.6 Å². The van der Waals surface area contributed by atoms with Crippen molar-refractivity contribution in [3.8, 4) is 0 Å². The summed E-state index contributed by atoms with van der Waals surface area (Å²) >= 11 is 0. The molecule has 1 aromatic carbocycles. The molecule has 1 aromatic rings. The summed E-state index contributed by atoms with van der Waals surface area (Å²) in [5.74, 6) is 0.931. The van der Waals surface area contributed by atoms with Crippen LogP contribution in [0.25, 0.3) is 0 Å². The summed E-state index contributed by atoms with van der Waals surface area (Å²) in [4.78, 5) is 4.31. The summed E-state index contributed by atoms with van der Waals surface area (Å²) < 4.78 is 0. The van der Waals surface area contributed by atoms with Crippen LogP contribution in [0.3, 0.4) is 0 Å². The monoisotopic (exact) mass is 273 g/mol. The molecule has 0 atom stereocenters. The van der Waals surface area contributed by atoms with Gasteiger partial charge in [-0.15, -0.1) is 0 Å². The van der Waals surface area contributed by atoms with Crippen LogP contribution in [-0.2, 0) is 6.42 Å². The van der Waals surface area contributed by atoms with Crippen molar-refractivity contribution in [1.29, 1.82) is 0 Å². The number of rotatable bonds is 6. The van der Waals surface area contributed by atoms with Gasteiger partial charge in [0.2, 0.25) is 0 Å². The normalized spacial score (nSPS) is 17.4. The third-order valence-corrected chi connectivity index (χ3v) is 4.57. The fourth-order valence-electron chi connectivity index (χ4n) is 2.79. The topological polar surface area (TPSA) is 36.4 Å². The Morgan fingerprint density at radius 1 is 1.20 bits per heavy atom. The second-order valence-corrected chi connectivity index (χ2v) is 5.80. The molecule has 0 aromatic heterocycles. The van der Waals surface area contributed by atoms with E-state index in [2.05, 4.69) is 52.9 Å². The fraction of sp³-hybridized carbons (Fsp3) is 0.588. The summed E-state index contributed by atoms with van der Waals surface area (Å²) in [6.07, 6.45) is 6.39. The maximum absolute atomic E-state index is 4.31. The van der Waals surface area contributed by atoms with Gasteiger partial charge in [0, 0.05) is 20.1 Å². The van der Waals surface area contributed by atoms with Gasteiger partial charge in [0.1, 0.15) is 0 Å². The van der Waals surface area contributed by atoms with Crippen LogP contribution in [0.2, 0.25) is 0 Å². The van der Waals surface area contributed by atoms with Gasteiger partial charge in [0.25, 0.3) is 0 Å². The molecular weight excluding hydrogens is 246 g/mol. The molecule has 110 valence electrons. The van der Waals surface area contributed by atoms with Crippen LogP contribution >= 0.6 is 0 Å². The minimum atomic E-state index is 0.525. The molecule has 1 aliphatic rings. The van der Waals surface area contributed by atoms with Crippen LogP contribution in [-0.4, -0.2) is 26.1 Å². The van der Waals surface area contributed by atoms with E-state index in [1.54, 1.807) is 0 Å². The van der Waals surface area contributed by atoms with Crippen molar-refractivity contribution in [2.75, 3.05) is 20.1 Å². The van der Waals surface area contributed by atoms with Gasteiger partial charge in [-0.25, -0.2) is 0 Å². The zero-order chi connectivity index (χ0) is 14.3. The maximum Gasteiger partial charge on any atom is 0.191 e. The van der Waals surface area contributed by atoms with Gasteiger partial charge in [-0.2, -0.15) is 0 Å². The van der Waals surface area contributed by atoms with Gasteiger partial charge in [0.15, 0.2) is 5.96 Å². The molecule has 0 amide bonds. The molecule has 2 rings (SSSR count). The van der Waals surface area contributed by atoms with Crippen molar-refractivity contribution in [3.05, 3.63) is 35.9 Å². The quantitative estimate of drug-likeness (QED) is 0.617. The van der Waals surface area contributed by atoms with Gasteiger partial charge < -0.3 is 10.6 Å². The van der Waals surface area contributed by atoms with Gasteiger partial charge in [-0.1, -0.05) is 43.7 Å². The Balaban J connectivity index is 1.70. The molecule has 1 fully saturated rings. The molecule has 0 unspecified atom stereocenters. The third kappa shape index (κ3) is 3.99. The first kappa shape index (κ1) is 14.9. The second-order valence-electron chi connectivity index (χ2n) is 5.80. The van der Waals surface area contributed by atoms with Crippen molar-refractivity contribution in [3.63, 3.8) is 0 Å². The smallest absolute Gasteiger partial charge is 0.191 e. The summed E-state index contributed by atoms with van der Waals surface area (Å²) in [5, 5.41) is 6.89. The number of nitrogens with one attached hydrogen (secondary N) is 2. The Labute approximate surface area is 122 Å². The number of guanidine groups is 1. The van der Waals surface area contributed by atoms with Crippen LogP contribution in [0, 0.1) is 5.41 Å². The van der Waals surface area contributed by atoms with Crippen LogP contribution in [0.4, 0.5) is 0 Å². The molecule has 0 saturated heterocycles. The Morgan fingerprint density at radius 3 is 2.50 bits per heavy atom. The number of aliphatic imine (C=N–C) groups is 1. The second kappa shape index (κ2) is 7.32. The van der Waals surface area contributed by atoms with Crippen molar-refractivity contribution in [2.24, 2.45) is 10.4 Å². The number of benzene rings is 1. The SMILES string of the molecule is CCC1(CNC(=NC)NCCc2ccccc2)CCC1. The average molecular weight is 273 g/mol. The standard InChI is InChI=1S/C17H27N3/c1-3-17(11-7-12-17)14-20-16(18-2)19-13-10-15-8-5-4-6-9-15/h4-6,8-9H,3,7,10-14H2,1-2H3,(H2,18,19,20). The first-order valence-electron chi connectivity index (χ1n) is 7.76. The fourth-order valence-corrected chi connectivity index (χ4v) is 2.79. The largest absolute Gasteiger partial charge is 0.356 e. The highest BCUT2D eigenvalue weighted by Gasteiger charge is 2.34. The van der Waals surface area contributed by atoms with E-state index in [1.165, 1.54) is 31.2 Å². The highest BCUT2D eigenvalue weighted by atomic mass is 15.2. The van der Waals surface area contributed by atoms with E-state index in [0.717, 1.165) is 25.5 Å². The highest BCUT2D eigenvalue weighted by molar-refractivity contribution is 5.79. The van der Waals surface area contributed by atoms with Crippen molar-refractivity contribution in [1.82, 2.24) is 10.6 Å². The third-order valence-electron chi connectivity index (χ3n) is 4.57.